The van der Waals surface area contributed by atoms with Crippen molar-refractivity contribution in [3.8, 4) is 0 Å². The first kappa shape index (κ1) is 30.7. The number of unbranched alkanes of at least 4 members (excludes halogenated alkanes) is 2. The summed E-state index contributed by atoms with van der Waals surface area (Å²) in [5, 5.41) is 27.8. The summed E-state index contributed by atoms with van der Waals surface area (Å²) in [5.41, 5.74) is 3.67. The Morgan fingerprint density at radius 1 is 0.976 bits per heavy atom. The lowest BCUT2D eigenvalue weighted by molar-refractivity contribution is -0.127. The summed E-state index contributed by atoms with van der Waals surface area (Å²) < 4.78 is 28.3. The normalized spacial score (nSPS) is 17.9. The van der Waals surface area contributed by atoms with Crippen molar-refractivity contribution >= 4 is 21.6 Å². The molecule has 1 amide bonds. The van der Waals surface area contributed by atoms with Crippen molar-refractivity contribution in [1.29, 1.82) is 0 Å². The van der Waals surface area contributed by atoms with Crippen LogP contribution >= 0.6 is 0 Å². The van der Waals surface area contributed by atoms with Crippen LogP contribution in [0.3, 0.4) is 0 Å². The molecule has 0 heterocycles. The molecule has 220 valence electrons. The summed E-state index contributed by atoms with van der Waals surface area (Å²) in [4.78, 5) is 13.6. The van der Waals surface area contributed by atoms with Gasteiger partial charge in [0.2, 0.25) is 15.9 Å². The van der Waals surface area contributed by atoms with Crippen molar-refractivity contribution in [1.82, 2.24) is 10.0 Å². The van der Waals surface area contributed by atoms with Gasteiger partial charge in [0.1, 0.15) is 0 Å². The molecule has 8 nitrogen and oxygen atoms in total. The minimum Gasteiger partial charge on any atom is -0.392 e. The highest BCUT2D eigenvalue weighted by Crippen LogP contribution is 2.32. The number of rotatable bonds is 15. The molecule has 0 bridgehead atoms. The van der Waals surface area contributed by atoms with Gasteiger partial charge in [-0.25, -0.2) is 13.1 Å². The van der Waals surface area contributed by atoms with Gasteiger partial charge in [0.05, 0.1) is 23.1 Å². The Morgan fingerprint density at radius 3 is 2.41 bits per heavy atom. The largest absolute Gasteiger partial charge is 0.392 e. The van der Waals surface area contributed by atoms with Crippen LogP contribution in [-0.2, 0) is 27.7 Å². The molecular formula is C32H41N3O5S. The molecule has 0 saturated carbocycles. The molecule has 1 aliphatic carbocycles. The number of aliphatic hydroxyl groups excluding tert-OH is 2. The topological polar surface area (TPSA) is 128 Å². The van der Waals surface area contributed by atoms with Gasteiger partial charge in [-0.3, -0.25) is 4.79 Å². The van der Waals surface area contributed by atoms with Crippen LogP contribution in [0.15, 0.2) is 83.8 Å². The second-order valence-corrected chi connectivity index (χ2v) is 12.5. The molecule has 3 aromatic carbocycles. The van der Waals surface area contributed by atoms with E-state index in [9.17, 15) is 23.4 Å². The van der Waals surface area contributed by atoms with Crippen LogP contribution in [0.25, 0.3) is 0 Å². The molecule has 0 aliphatic heterocycles. The van der Waals surface area contributed by atoms with E-state index in [1.54, 1.807) is 12.1 Å². The van der Waals surface area contributed by atoms with Crippen LogP contribution in [0.4, 0.5) is 5.69 Å². The van der Waals surface area contributed by atoms with Crippen LogP contribution in [0.1, 0.15) is 55.3 Å². The van der Waals surface area contributed by atoms with Crippen molar-refractivity contribution < 1.29 is 23.4 Å². The van der Waals surface area contributed by atoms with Crippen LogP contribution < -0.4 is 15.4 Å². The van der Waals surface area contributed by atoms with E-state index in [4.69, 9.17) is 0 Å². The Morgan fingerprint density at radius 2 is 1.68 bits per heavy atom. The van der Waals surface area contributed by atoms with Crippen LogP contribution in [0.2, 0.25) is 0 Å². The first-order chi connectivity index (χ1) is 19.8. The van der Waals surface area contributed by atoms with E-state index in [0.717, 1.165) is 48.2 Å². The number of amides is 1. The van der Waals surface area contributed by atoms with E-state index in [1.807, 2.05) is 54.6 Å². The maximum absolute atomic E-state index is 13.5. The van der Waals surface area contributed by atoms with Crippen LogP contribution in [-0.4, -0.2) is 49.8 Å². The maximum Gasteiger partial charge on any atom is 0.240 e. The van der Waals surface area contributed by atoms with E-state index in [0.29, 0.717) is 12.8 Å². The van der Waals surface area contributed by atoms with Crippen molar-refractivity contribution in [3.05, 3.63) is 95.6 Å². The second-order valence-electron chi connectivity index (χ2n) is 10.7. The summed E-state index contributed by atoms with van der Waals surface area (Å²) in [6, 6.07) is 23.1. The average Bonchev–Trinajstić information content (AvgIpc) is 3.29. The van der Waals surface area contributed by atoms with Crippen molar-refractivity contribution in [3.63, 3.8) is 0 Å². The molecular weight excluding hydrogens is 538 g/mol. The molecule has 0 aromatic heterocycles. The molecule has 4 atom stereocenters. The highest BCUT2D eigenvalue weighted by atomic mass is 32.2. The van der Waals surface area contributed by atoms with Gasteiger partial charge < -0.3 is 20.8 Å². The summed E-state index contributed by atoms with van der Waals surface area (Å²) in [5.74, 6) is -0.923. The number of hydrogen-bond acceptors (Lipinski definition) is 6. The molecule has 9 heteroatoms. The van der Waals surface area contributed by atoms with Gasteiger partial charge >= 0.3 is 0 Å². The third-order valence-corrected chi connectivity index (χ3v) is 8.98. The van der Waals surface area contributed by atoms with E-state index in [1.165, 1.54) is 12.1 Å². The number of carbonyl (C=O) groups is 1. The lowest BCUT2D eigenvalue weighted by atomic mass is 9.92. The standard InChI is InChI=1S/C32H41N3O5S/c1-2-3-9-18-33-26-14-16-28(17-15-26)41(39,40)34-22-27(36)20-25(19-23-10-5-4-6-11-23)32(38)35-31-29-13-8-7-12-24(29)21-30(31)37/h4-8,10-17,25,27,30-31,33-34,36-37H,2-3,9,18-22H2,1H3,(H,35,38)/t25-,27+,30-,31+/m1/s1. The lowest BCUT2D eigenvalue weighted by Crippen LogP contribution is -2.41. The number of sulfonamides is 1. The summed E-state index contributed by atoms with van der Waals surface area (Å²) in [6.45, 7) is 2.74. The van der Waals surface area contributed by atoms with E-state index in [-0.39, 0.29) is 23.8 Å². The van der Waals surface area contributed by atoms with E-state index < -0.39 is 34.2 Å². The summed E-state index contributed by atoms with van der Waals surface area (Å²) in [6.07, 6.45) is 2.37. The van der Waals surface area contributed by atoms with Crippen molar-refractivity contribution in [2.75, 3.05) is 18.4 Å². The molecule has 1 aliphatic rings. The fourth-order valence-corrected chi connectivity index (χ4v) is 6.33. The molecule has 4 rings (SSSR count). The number of anilines is 1. The second kappa shape index (κ2) is 14.6. The first-order valence-corrected chi connectivity index (χ1v) is 15.9. The predicted octanol–water partition coefficient (Wildman–Crippen LogP) is 3.95. The molecule has 0 radical (unpaired) electrons. The minimum absolute atomic E-state index is 0.0499. The fraction of sp³-hybridized carbons (Fsp3) is 0.406. The van der Waals surface area contributed by atoms with E-state index >= 15 is 0 Å². The van der Waals surface area contributed by atoms with Crippen molar-refractivity contribution in [2.45, 2.75) is 68.6 Å². The Bertz CT molecular complexity index is 1370. The zero-order valence-corrected chi connectivity index (χ0v) is 24.3. The summed E-state index contributed by atoms with van der Waals surface area (Å²) in [7, 11) is -3.85. The third kappa shape index (κ3) is 8.63. The maximum atomic E-state index is 13.5. The quantitative estimate of drug-likeness (QED) is 0.174. The molecule has 0 fully saturated rings. The van der Waals surface area contributed by atoms with Gasteiger partial charge in [-0.2, -0.15) is 0 Å². The third-order valence-electron chi connectivity index (χ3n) is 7.54. The SMILES string of the molecule is CCCCCNc1ccc(S(=O)(=O)NC[C@@H](O)C[C@@H](Cc2ccccc2)C(=O)N[C@H]2c3ccccc3C[C@H]2O)cc1. The van der Waals surface area contributed by atoms with Crippen LogP contribution in [0.5, 0.6) is 0 Å². The molecule has 0 unspecified atom stereocenters. The van der Waals surface area contributed by atoms with Gasteiger partial charge in [0, 0.05) is 31.1 Å². The van der Waals surface area contributed by atoms with Gasteiger partial charge in [-0.05, 0) is 60.2 Å². The Labute approximate surface area is 243 Å². The Hall–Kier alpha value is -3.24. The Kier molecular flexibility index (Phi) is 10.9. The molecule has 0 spiro atoms. The predicted molar refractivity (Wildman–Crippen MR) is 161 cm³/mol. The minimum atomic E-state index is -3.85. The highest BCUT2D eigenvalue weighted by molar-refractivity contribution is 7.89. The van der Waals surface area contributed by atoms with Gasteiger partial charge in [0.15, 0.2) is 0 Å². The smallest absolute Gasteiger partial charge is 0.240 e. The molecule has 3 aromatic rings. The molecule has 5 N–H and O–H groups in total. The number of fused-ring (bicyclic) bond motifs is 1. The molecule has 0 saturated heterocycles. The Balaban J connectivity index is 1.37. The zero-order chi connectivity index (χ0) is 29.2. The fourth-order valence-electron chi connectivity index (χ4n) is 5.26. The number of nitrogens with one attached hydrogen (secondary N) is 3. The van der Waals surface area contributed by atoms with Crippen molar-refractivity contribution in [2.24, 2.45) is 5.92 Å². The van der Waals surface area contributed by atoms with Gasteiger partial charge in [0.25, 0.3) is 0 Å². The monoisotopic (exact) mass is 579 g/mol. The number of hydrogen-bond donors (Lipinski definition) is 5. The lowest BCUT2D eigenvalue weighted by Gasteiger charge is -2.24. The number of aliphatic hydroxyl groups is 2. The molecule has 41 heavy (non-hydrogen) atoms. The zero-order valence-electron chi connectivity index (χ0n) is 23.5. The highest BCUT2D eigenvalue weighted by Gasteiger charge is 2.34. The number of benzene rings is 3. The number of carbonyl (C=O) groups excluding carboxylic acids is 1. The van der Waals surface area contributed by atoms with Gasteiger partial charge in [-0.1, -0.05) is 74.4 Å². The summed E-state index contributed by atoms with van der Waals surface area (Å²) >= 11 is 0. The van der Waals surface area contributed by atoms with Crippen LogP contribution in [0, 0.1) is 5.92 Å². The average molecular weight is 580 g/mol. The van der Waals surface area contributed by atoms with Gasteiger partial charge in [-0.15, -0.1) is 0 Å². The first-order valence-electron chi connectivity index (χ1n) is 14.4. The van der Waals surface area contributed by atoms with E-state index in [2.05, 4.69) is 22.3 Å².